The Morgan fingerprint density at radius 2 is 2.15 bits per heavy atom. The van der Waals surface area contributed by atoms with Crippen LogP contribution < -0.4 is 10.2 Å². The van der Waals surface area contributed by atoms with E-state index in [0.717, 1.165) is 36.6 Å². The van der Waals surface area contributed by atoms with Crippen LogP contribution in [-0.4, -0.2) is 30.6 Å². The molecule has 5 heteroatoms. The van der Waals surface area contributed by atoms with E-state index in [-0.39, 0.29) is 0 Å². The Hall–Kier alpha value is -1.65. The van der Waals surface area contributed by atoms with Crippen molar-refractivity contribution in [2.75, 3.05) is 25.5 Å². The average Bonchev–Trinajstić information content (AvgIpc) is 2.46. The van der Waals surface area contributed by atoms with Gasteiger partial charge in [0.1, 0.15) is 5.82 Å². The molecule has 0 fully saturated rings. The molecule has 0 aliphatic rings. The maximum atomic E-state index is 6.29. The van der Waals surface area contributed by atoms with E-state index in [1.54, 1.807) is 0 Å². The summed E-state index contributed by atoms with van der Waals surface area (Å²) in [6.07, 6.45) is 4.54. The molecule has 2 rings (SSSR count). The molecule has 0 aliphatic carbocycles. The molecule has 0 aliphatic heterocycles. The van der Waals surface area contributed by atoms with Crippen LogP contribution in [0.1, 0.15) is 11.3 Å². The minimum absolute atomic E-state index is 0.682. The number of halogens is 1. The first kappa shape index (κ1) is 14.8. The van der Waals surface area contributed by atoms with Crippen molar-refractivity contribution in [3.63, 3.8) is 0 Å². The summed E-state index contributed by atoms with van der Waals surface area (Å²) in [5.74, 6) is 0.808. The van der Waals surface area contributed by atoms with Crippen molar-refractivity contribution in [2.24, 2.45) is 0 Å². The standard InChI is InChI=1S/C15H19ClN4/c1-17-10-12-9-14(16)15(19-11-12)20(2)8-6-13-5-3-4-7-18-13/h3-5,7,9,11,17H,6,8,10H2,1-2H3. The van der Waals surface area contributed by atoms with Crippen LogP contribution in [-0.2, 0) is 13.0 Å². The molecule has 0 amide bonds. The lowest BCUT2D eigenvalue weighted by atomic mass is 10.2. The third-order valence-corrected chi connectivity index (χ3v) is 3.33. The van der Waals surface area contributed by atoms with Crippen molar-refractivity contribution in [2.45, 2.75) is 13.0 Å². The molecule has 0 radical (unpaired) electrons. The number of hydrogen-bond donors (Lipinski definition) is 1. The highest BCUT2D eigenvalue weighted by Gasteiger charge is 2.09. The molecule has 4 nitrogen and oxygen atoms in total. The predicted octanol–water partition coefficient (Wildman–Crippen LogP) is 2.53. The van der Waals surface area contributed by atoms with Gasteiger partial charge in [0.2, 0.25) is 0 Å². The first-order valence-corrected chi connectivity index (χ1v) is 6.98. The number of pyridine rings is 2. The van der Waals surface area contributed by atoms with E-state index in [1.165, 1.54) is 0 Å². The Morgan fingerprint density at radius 3 is 2.80 bits per heavy atom. The molecule has 0 aromatic carbocycles. The maximum Gasteiger partial charge on any atom is 0.147 e. The average molecular weight is 291 g/mol. The fourth-order valence-corrected chi connectivity index (χ4v) is 2.32. The van der Waals surface area contributed by atoms with Gasteiger partial charge in [0.15, 0.2) is 0 Å². The van der Waals surface area contributed by atoms with Crippen molar-refractivity contribution in [1.29, 1.82) is 0 Å². The molecule has 0 saturated heterocycles. The Bertz CT molecular complexity index is 545. The molecular weight excluding hydrogens is 272 g/mol. The van der Waals surface area contributed by atoms with Crippen LogP contribution in [0.5, 0.6) is 0 Å². The second-order valence-corrected chi connectivity index (χ2v) is 5.08. The van der Waals surface area contributed by atoms with Gasteiger partial charge in [0.25, 0.3) is 0 Å². The second-order valence-electron chi connectivity index (χ2n) is 4.67. The molecular formula is C15H19ClN4. The molecule has 1 N–H and O–H groups in total. The van der Waals surface area contributed by atoms with Gasteiger partial charge in [0, 0.05) is 44.6 Å². The largest absolute Gasteiger partial charge is 0.358 e. The molecule has 2 heterocycles. The zero-order chi connectivity index (χ0) is 14.4. The molecule has 106 valence electrons. The van der Waals surface area contributed by atoms with Gasteiger partial charge in [-0.15, -0.1) is 0 Å². The number of nitrogens with one attached hydrogen (secondary N) is 1. The summed E-state index contributed by atoms with van der Waals surface area (Å²) in [4.78, 5) is 10.8. The summed E-state index contributed by atoms with van der Waals surface area (Å²) in [6, 6.07) is 7.91. The molecule has 2 aromatic rings. The molecule has 0 spiro atoms. The third-order valence-electron chi connectivity index (χ3n) is 3.05. The monoisotopic (exact) mass is 290 g/mol. The number of likely N-dealkylation sites (N-methyl/N-ethyl adjacent to an activating group) is 1. The minimum atomic E-state index is 0.682. The lowest BCUT2D eigenvalue weighted by Crippen LogP contribution is -2.22. The SMILES string of the molecule is CNCc1cnc(N(C)CCc2ccccn2)c(Cl)c1. The van der Waals surface area contributed by atoms with Crippen LogP contribution in [0.3, 0.4) is 0 Å². The van der Waals surface area contributed by atoms with E-state index in [9.17, 15) is 0 Å². The summed E-state index contributed by atoms with van der Waals surface area (Å²) in [6.45, 7) is 1.60. The van der Waals surface area contributed by atoms with Crippen molar-refractivity contribution in [3.05, 3.63) is 52.9 Å². The summed E-state index contributed by atoms with van der Waals surface area (Å²) < 4.78 is 0. The number of rotatable bonds is 6. The Morgan fingerprint density at radius 1 is 1.30 bits per heavy atom. The van der Waals surface area contributed by atoms with Crippen molar-refractivity contribution in [1.82, 2.24) is 15.3 Å². The molecule has 2 aromatic heterocycles. The van der Waals surface area contributed by atoms with Crippen molar-refractivity contribution in [3.8, 4) is 0 Å². The Balaban J connectivity index is 2.00. The van der Waals surface area contributed by atoms with Gasteiger partial charge in [-0.2, -0.15) is 0 Å². The van der Waals surface area contributed by atoms with Crippen LogP contribution in [0.2, 0.25) is 5.02 Å². The van der Waals surface area contributed by atoms with E-state index in [4.69, 9.17) is 11.6 Å². The first-order chi connectivity index (χ1) is 9.70. The Labute approximate surface area is 124 Å². The van der Waals surface area contributed by atoms with Crippen LogP contribution in [0.25, 0.3) is 0 Å². The summed E-state index contributed by atoms with van der Waals surface area (Å²) in [7, 11) is 3.90. The van der Waals surface area contributed by atoms with Gasteiger partial charge in [-0.25, -0.2) is 4.98 Å². The van der Waals surface area contributed by atoms with Gasteiger partial charge in [-0.3, -0.25) is 4.98 Å². The summed E-state index contributed by atoms with van der Waals surface area (Å²) in [5.41, 5.74) is 2.15. The number of nitrogens with zero attached hydrogens (tertiary/aromatic N) is 3. The topological polar surface area (TPSA) is 41.1 Å². The van der Waals surface area contributed by atoms with Gasteiger partial charge in [0.05, 0.1) is 5.02 Å². The van der Waals surface area contributed by atoms with E-state index >= 15 is 0 Å². The third kappa shape index (κ3) is 3.92. The molecule has 0 bridgehead atoms. The second kappa shape index (κ2) is 7.22. The minimum Gasteiger partial charge on any atom is -0.358 e. The molecule has 20 heavy (non-hydrogen) atoms. The molecule has 0 unspecified atom stereocenters. The van der Waals surface area contributed by atoms with Crippen LogP contribution in [0.15, 0.2) is 36.7 Å². The van der Waals surface area contributed by atoms with Gasteiger partial charge < -0.3 is 10.2 Å². The lowest BCUT2D eigenvalue weighted by Gasteiger charge is -2.19. The maximum absolute atomic E-state index is 6.29. The van der Waals surface area contributed by atoms with Crippen LogP contribution >= 0.6 is 11.6 Å². The fourth-order valence-electron chi connectivity index (χ4n) is 1.99. The highest BCUT2D eigenvalue weighted by atomic mass is 35.5. The van der Waals surface area contributed by atoms with Crippen molar-refractivity contribution < 1.29 is 0 Å². The van der Waals surface area contributed by atoms with E-state index in [0.29, 0.717) is 5.02 Å². The fraction of sp³-hybridized carbons (Fsp3) is 0.333. The van der Waals surface area contributed by atoms with E-state index in [1.807, 2.05) is 50.8 Å². The number of hydrogen-bond acceptors (Lipinski definition) is 4. The lowest BCUT2D eigenvalue weighted by molar-refractivity contribution is 0.806. The van der Waals surface area contributed by atoms with Gasteiger partial charge >= 0.3 is 0 Å². The van der Waals surface area contributed by atoms with E-state index < -0.39 is 0 Å². The van der Waals surface area contributed by atoms with Crippen molar-refractivity contribution >= 4 is 17.4 Å². The quantitative estimate of drug-likeness (QED) is 0.888. The number of anilines is 1. The summed E-state index contributed by atoms with van der Waals surface area (Å²) in [5, 5.41) is 3.77. The van der Waals surface area contributed by atoms with Gasteiger partial charge in [-0.05, 0) is 30.8 Å². The Kier molecular flexibility index (Phi) is 5.32. The zero-order valence-corrected chi connectivity index (χ0v) is 12.6. The zero-order valence-electron chi connectivity index (χ0n) is 11.8. The van der Waals surface area contributed by atoms with Crippen LogP contribution in [0, 0.1) is 0 Å². The highest BCUT2D eigenvalue weighted by molar-refractivity contribution is 6.33. The van der Waals surface area contributed by atoms with Crippen LogP contribution in [0.4, 0.5) is 5.82 Å². The smallest absolute Gasteiger partial charge is 0.147 e. The predicted molar refractivity (Wildman–Crippen MR) is 83.2 cm³/mol. The highest BCUT2D eigenvalue weighted by Crippen LogP contribution is 2.23. The molecule has 0 saturated carbocycles. The van der Waals surface area contributed by atoms with E-state index in [2.05, 4.69) is 20.2 Å². The number of aromatic nitrogens is 2. The normalized spacial score (nSPS) is 10.6. The van der Waals surface area contributed by atoms with Gasteiger partial charge in [-0.1, -0.05) is 17.7 Å². The summed E-state index contributed by atoms with van der Waals surface area (Å²) >= 11 is 6.29. The molecule has 0 atom stereocenters. The first-order valence-electron chi connectivity index (χ1n) is 6.61.